The Hall–Kier alpha value is -3.12. The van der Waals surface area contributed by atoms with Crippen molar-refractivity contribution in [3.63, 3.8) is 0 Å². The van der Waals surface area contributed by atoms with Crippen LogP contribution >= 0.6 is 0 Å². The van der Waals surface area contributed by atoms with E-state index in [4.69, 9.17) is 4.74 Å². The molecule has 3 aromatic carbocycles. The highest BCUT2D eigenvalue weighted by Gasteiger charge is 2.32. The number of carbonyl (C=O) groups is 2. The molecule has 2 heterocycles. The topological polar surface area (TPSA) is 53.1 Å². The van der Waals surface area contributed by atoms with Crippen molar-refractivity contribution in [3.8, 4) is 0 Å². The summed E-state index contributed by atoms with van der Waals surface area (Å²) in [5, 5.41) is 4.26. The quantitative estimate of drug-likeness (QED) is 0.444. The highest BCUT2D eigenvalue weighted by Crippen LogP contribution is 2.31. The van der Waals surface area contributed by atoms with Crippen LogP contribution in [0.25, 0.3) is 21.5 Å². The molecule has 6 nitrogen and oxygen atoms in total. The number of amides is 2. The number of nitrogens with zero attached hydrogens (tertiary/aromatic N) is 3. The third-order valence-corrected chi connectivity index (χ3v) is 7.95. The number of ether oxygens (including phenoxy) is 1. The molecule has 1 unspecified atom stereocenters. The number of likely N-dealkylation sites (tertiary alicyclic amines) is 2. The van der Waals surface area contributed by atoms with Crippen LogP contribution in [0.4, 0.5) is 4.79 Å². The van der Waals surface area contributed by atoms with Crippen LogP contribution in [0.15, 0.2) is 54.6 Å². The first-order chi connectivity index (χ1) is 17.6. The first-order valence-corrected chi connectivity index (χ1v) is 13.5. The summed E-state index contributed by atoms with van der Waals surface area (Å²) >= 11 is 0. The van der Waals surface area contributed by atoms with E-state index in [0.717, 1.165) is 79.0 Å². The molecule has 0 spiro atoms. The minimum Gasteiger partial charge on any atom is -0.445 e. The van der Waals surface area contributed by atoms with Crippen molar-refractivity contribution in [1.82, 2.24) is 14.7 Å². The Morgan fingerprint density at radius 3 is 2.11 bits per heavy atom. The van der Waals surface area contributed by atoms with E-state index in [1.165, 1.54) is 0 Å². The fourth-order valence-corrected chi connectivity index (χ4v) is 5.93. The number of carbonyl (C=O) groups excluding carboxylic acids is 2. The monoisotopic (exact) mass is 487 g/mol. The molecule has 36 heavy (non-hydrogen) atoms. The van der Waals surface area contributed by atoms with Gasteiger partial charge in [0, 0.05) is 38.8 Å². The minimum absolute atomic E-state index is 0.0476. The van der Waals surface area contributed by atoms with E-state index in [9.17, 15) is 9.59 Å². The second-order valence-corrected chi connectivity index (χ2v) is 10.0. The molecule has 0 aromatic heterocycles. The fraction of sp³-hybridized carbons (Fsp3) is 0.467. The van der Waals surface area contributed by atoms with Gasteiger partial charge >= 0.3 is 6.09 Å². The smallest absolute Gasteiger partial charge is 0.410 e. The Kier molecular flexibility index (Phi) is 7.42. The van der Waals surface area contributed by atoms with Gasteiger partial charge in [0.05, 0.1) is 5.56 Å². The normalized spacial score (nSPS) is 19.5. The predicted octanol–water partition coefficient (Wildman–Crippen LogP) is 5.54. The average Bonchev–Trinajstić information content (AvgIpc) is 2.92. The molecule has 6 heteroatoms. The molecule has 3 aromatic rings. The van der Waals surface area contributed by atoms with Crippen LogP contribution < -0.4 is 0 Å². The number of hydrogen-bond acceptors (Lipinski definition) is 4. The summed E-state index contributed by atoms with van der Waals surface area (Å²) in [5.41, 5.74) is 0.823. The lowest BCUT2D eigenvalue weighted by atomic mass is 9.94. The van der Waals surface area contributed by atoms with Gasteiger partial charge in [0.15, 0.2) is 0 Å². The second kappa shape index (κ2) is 10.9. The maximum absolute atomic E-state index is 13.9. The molecule has 5 rings (SSSR count). The van der Waals surface area contributed by atoms with Crippen molar-refractivity contribution < 1.29 is 14.3 Å². The summed E-state index contributed by atoms with van der Waals surface area (Å²) in [6.07, 6.45) is 3.62. The van der Waals surface area contributed by atoms with Crippen molar-refractivity contribution >= 4 is 33.5 Å². The molecule has 1 atom stereocenters. The SMILES string of the molecule is CCN(CC)C(=O)OC1CCCN(C2CCN(C(=O)c3c4ccccc4cc4ccccc34)CC2)C1. The van der Waals surface area contributed by atoms with Gasteiger partial charge in [-0.3, -0.25) is 9.69 Å². The molecule has 0 saturated carbocycles. The summed E-state index contributed by atoms with van der Waals surface area (Å²) in [7, 11) is 0. The molecular weight excluding hydrogens is 450 g/mol. The largest absolute Gasteiger partial charge is 0.445 e. The van der Waals surface area contributed by atoms with Crippen molar-refractivity contribution in [2.45, 2.75) is 51.7 Å². The molecule has 0 N–H and O–H groups in total. The molecule has 2 aliphatic rings. The van der Waals surface area contributed by atoms with E-state index in [0.29, 0.717) is 19.1 Å². The van der Waals surface area contributed by atoms with Crippen molar-refractivity contribution in [2.75, 3.05) is 39.3 Å². The summed E-state index contributed by atoms with van der Waals surface area (Å²) < 4.78 is 5.84. The number of rotatable bonds is 5. The van der Waals surface area contributed by atoms with E-state index in [2.05, 4.69) is 35.2 Å². The van der Waals surface area contributed by atoms with Gasteiger partial charge in [-0.1, -0.05) is 48.5 Å². The lowest BCUT2D eigenvalue weighted by molar-refractivity contribution is 0.000410. The maximum atomic E-state index is 13.9. The highest BCUT2D eigenvalue weighted by atomic mass is 16.6. The summed E-state index contributed by atoms with van der Waals surface area (Å²) in [5.74, 6) is 0.131. The molecule has 0 radical (unpaired) electrons. The van der Waals surface area contributed by atoms with Gasteiger partial charge in [0.1, 0.15) is 6.10 Å². The van der Waals surface area contributed by atoms with E-state index in [1.807, 2.05) is 43.0 Å². The van der Waals surface area contributed by atoms with Gasteiger partial charge in [0.2, 0.25) is 0 Å². The standard InChI is InChI=1S/C30H37N3O3/c1-3-31(4-2)30(35)36-25-12-9-17-33(21-25)24-15-18-32(19-16-24)29(34)28-26-13-7-5-10-22(26)20-23-11-6-8-14-27(23)28/h5-8,10-11,13-14,20,24-25H,3-4,9,12,15-19,21H2,1-2H3. The lowest BCUT2D eigenvalue weighted by Crippen LogP contribution is -2.51. The van der Waals surface area contributed by atoms with Crippen LogP contribution in [0.2, 0.25) is 0 Å². The fourth-order valence-electron chi connectivity index (χ4n) is 5.93. The summed E-state index contributed by atoms with van der Waals surface area (Å²) in [6.45, 7) is 8.63. The minimum atomic E-state index is -0.199. The zero-order chi connectivity index (χ0) is 25.1. The Balaban J connectivity index is 1.26. The highest BCUT2D eigenvalue weighted by molar-refractivity contribution is 6.18. The zero-order valence-electron chi connectivity index (χ0n) is 21.5. The molecule has 2 amide bonds. The van der Waals surface area contributed by atoms with Crippen LogP contribution in [0.1, 0.15) is 49.9 Å². The molecule has 2 aliphatic heterocycles. The van der Waals surface area contributed by atoms with Gasteiger partial charge in [-0.15, -0.1) is 0 Å². The summed E-state index contributed by atoms with van der Waals surface area (Å²) in [4.78, 5) is 32.5. The molecule has 0 bridgehead atoms. The Bertz CT molecular complexity index is 1180. The number of hydrogen-bond donors (Lipinski definition) is 0. The predicted molar refractivity (Wildman–Crippen MR) is 144 cm³/mol. The third kappa shape index (κ3) is 4.92. The van der Waals surface area contributed by atoms with Crippen LogP contribution in [0.3, 0.4) is 0 Å². The van der Waals surface area contributed by atoms with Gasteiger partial charge in [0.25, 0.3) is 5.91 Å². The van der Waals surface area contributed by atoms with Crippen molar-refractivity contribution in [3.05, 3.63) is 60.2 Å². The average molecular weight is 488 g/mol. The molecule has 0 aliphatic carbocycles. The van der Waals surface area contributed by atoms with Crippen molar-refractivity contribution in [2.24, 2.45) is 0 Å². The molecule has 2 fully saturated rings. The molecule has 190 valence electrons. The molecule has 2 saturated heterocycles. The van der Waals surface area contributed by atoms with Gasteiger partial charge in [-0.2, -0.15) is 0 Å². The Labute approximate surface area is 213 Å². The zero-order valence-corrected chi connectivity index (χ0v) is 21.5. The van der Waals surface area contributed by atoms with Gasteiger partial charge in [-0.25, -0.2) is 4.79 Å². The number of piperidine rings is 2. The van der Waals surface area contributed by atoms with E-state index in [1.54, 1.807) is 4.90 Å². The third-order valence-electron chi connectivity index (χ3n) is 7.95. The lowest BCUT2D eigenvalue weighted by Gasteiger charge is -2.42. The first kappa shape index (κ1) is 24.6. The van der Waals surface area contributed by atoms with Gasteiger partial charge < -0.3 is 14.5 Å². The van der Waals surface area contributed by atoms with Crippen LogP contribution in [0, 0.1) is 0 Å². The van der Waals surface area contributed by atoms with E-state index < -0.39 is 0 Å². The van der Waals surface area contributed by atoms with Crippen LogP contribution in [-0.4, -0.2) is 78.1 Å². The van der Waals surface area contributed by atoms with Gasteiger partial charge in [-0.05, 0) is 73.7 Å². The first-order valence-electron chi connectivity index (χ1n) is 13.5. The van der Waals surface area contributed by atoms with E-state index >= 15 is 0 Å². The van der Waals surface area contributed by atoms with Crippen molar-refractivity contribution in [1.29, 1.82) is 0 Å². The Morgan fingerprint density at radius 1 is 0.889 bits per heavy atom. The van der Waals surface area contributed by atoms with E-state index in [-0.39, 0.29) is 18.1 Å². The second-order valence-electron chi connectivity index (χ2n) is 10.0. The van der Waals surface area contributed by atoms with Crippen LogP contribution in [0.5, 0.6) is 0 Å². The molecular formula is C30H37N3O3. The Morgan fingerprint density at radius 2 is 1.50 bits per heavy atom. The maximum Gasteiger partial charge on any atom is 0.410 e. The number of benzene rings is 3. The summed E-state index contributed by atoms with van der Waals surface area (Å²) in [6, 6.07) is 19.0. The van der Waals surface area contributed by atoms with Crippen LogP contribution in [-0.2, 0) is 4.74 Å². The number of fused-ring (bicyclic) bond motifs is 2.